The van der Waals surface area contributed by atoms with E-state index in [-0.39, 0.29) is 24.0 Å². The predicted octanol–water partition coefficient (Wildman–Crippen LogP) is 1.62. The van der Waals surface area contributed by atoms with Gasteiger partial charge in [0.2, 0.25) is 5.91 Å². The molecular weight excluding hydrogens is 432 g/mol. The van der Waals surface area contributed by atoms with E-state index in [1.165, 1.54) is 15.7 Å². The van der Waals surface area contributed by atoms with Crippen LogP contribution in [0, 0.1) is 13.8 Å². The van der Waals surface area contributed by atoms with Crippen LogP contribution < -0.4 is 5.56 Å². The molecule has 0 bridgehead atoms. The van der Waals surface area contributed by atoms with E-state index < -0.39 is 0 Å². The molecule has 0 spiro atoms. The predicted molar refractivity (Wildman–Crippen MR) is 120 cm³/mol. The number of ether oxygens (including phenoxy) is 1. The fourth-order valence-electron chi connectivity index (χ4n) is 3.83. The van der Waals surface area contributed by atoms with Crippen LogP contribution >= 0.6 is 11.3 Å². The van der Waals surface area contributed by atoms with Gasteiger partial charge in [-0.05, 0) is 26.8 Å². The van der Waals surface area contributed by atoms with Crippen molar-refractivity contribution in [1.82, 2.24) is 29.0 Å². The highest BCUT2D eigenvalue weighted by molar-refractivity contribution is 7.15. The third-order valence-corrected chi connectivity index (χ3v) is 6.56. The normalized spacial score (nSPS) is 14.2. The quantitative estimate of drug-likeness (QED) is 0.589. The molecule has 0 N–H and O–H groups in total. The molecule has 1 fully saturated rings. The summed E-state index contributed by atoms with van der Waals surface area (Å²) in [5, 5.41) is 6.25. The van der Waals surface area contributed by atoms with E-state index in [4.69, 9.17) is 4.74 Å². The molecule has 3 aromatic rings. The Morgan fingerprint density at radius 1 is 1.16 bits per heavy atom. The molecule has 0 aromatic carbocycles. The van der Waals surface area contributed by atoms with Gasteiger partial charge in [0.1, 0.15) is 0 Å². The highest BCUT2D eigenvalue weighted by Crippen LogP contribution is 2.22. The summed E-state index contributed by atoms with van der Waals surface area (Å²) < 4.78 is 8.26. The number of fused-ring (bicyclic) bond motifs is 1. The first-order valence-electron chi connectivity index (χ1n) is 10.5. The van der Waals surface area contributed by atoms with E-state index in [1.54, 1.807) is 28.3 Å². The Balaban J connectivity index is 1.57. The van der Waals surface area contributed by atoms with Crippen LogP contribution in [0.3, 0.4) is 0 Å². The zero-order chi connectivity index (χ0) is 23.0. The van der Waals surface area contributed by atoms with Gasteiger partial charge >= 0.3 is 6.09 Å². The number of carbonyl (C=O) groups excluding carboxylic acids is 2. The number of amides is 2. The summed E-state index contributed by atoms with van der Waals surface area (Å²) >= 11 is 1.34. The van der Waals surface area contributed by atoms with Gasteiger partial charge in [0.15, 0.2) is 4.96 Å². The molecule has 32 heavy (non-hydrogen) atoms. The molecular formula is C21H26N6O4S. The van der Waals surface area contributed by atoms with E-state index in [0.29, 0.717) is 60.4 Å². The molecule has 1 aliphatic rings. The summed E-state index contributed by atoms with van der Waals surface area (Å²) in [5.74, 6) is -0.0871. The van der Waals surface area contributed by atoms with Crippen LogP contribution in [0.4, 0.5) is 4.79 Å². The van der Waals surface area contributed by atoms with Crippen LogP contribution in [0.25, 0.3) is 16.2 Å². The fraction of sp³-hybridized carbons (Fsp3) is 0.476. The van der Waals surface area contributed by atoms with E-state index in [2.05, 4.69) is 10.1 Å². The Hall–Kier alpha value is -3.21. The first kappa shape index (κ1) is 22.0. The lowest BCUT2D eigenvalue weighted by molar-refractivity contribution is -0.132. The third-order valence-electron chi connectivity index (χ3n) is 5.68. The summed E-state index contributed by atoms with van der Waals surface area (Å²) in [6.45, 7) is 7.54. The molecule has 1 saturated heterocycles. The number of hydrogen-bond acceptors (Lipinski definition) is 7. The number of hydrogen-bond donors (Lipinski definition) is 0. The molecule has 0 atom stereocenters. The third kappa shape index (κ3) is 3.99. The SMILES string of the molecule is CCOC(=O)N1CCN(C(=O)Cc2csc3nc(C)c(-c4cc(C)n(C)n4)c(=O)n23)CC1. The highest BCUT2D eigenvalue weighted by Gasteiger charge is 2.26. The van der Waals surface area contributed by atoms with Crippen LogP contribution in [-0.4, -0.2) is 73.8 Å². The van der Waals surface area contributed by atoms with Gasteiger partial charge in [0, 0.05) is 50.0 Å². The van der Waals surface area contributed by atoms with Gasteiger partial charge in [-0.15, -0.1) is 11.3 Å². The van der Waals surface area contributed by atoms with Crippen LogP contribution in [0.1, 0.15) is 24.0 Å². The summed E-state index contributed by atoms with van der Waals surface area (Å²) in [6, 6.07) is 1.86. The van der Waals surface area contributed by atoms with Gasteiger partial charge in [-0.25, -0.2) is 9.78 Å². The number of piperazine rings is 1. The van der Waals surface area contributed by atoms with Crippen molar-refractivity contribution in [2.45, 2.75) is 27.2 Å². The first-order chi connectivity index (χ1) is 15.3. The standard InChI is InChI=1S/C21H26N6O4S/c1-5-31-21(30)26-8-6-25(7-9-26)17(28)11-15-12-32-20-22-14(3)18(19(29)27(15)20)16-10-13(2)24(4)23-16/h10,12H,5-9,11H2,1-4H3. The van der Waals surface area contributed by atoms with Crippen LogP contribution in [0.5, 0.6) is 0 Å². The first-order valence-corrected chi connectivity index (χ1v) is 11.4. The summed E-state index contributed by atoms with van der Waals surface area (Å²) in [4.78, 5) is 46.7. The second-order valence-corrected chi connectivity index (χ2v) is 8.60. The van der Waals surface area contributed by atoms with Gasteiger partial charge in [0.25, 0.3) is 5.56 Å². The van der Waals surface area contributed by atoms with Crippen molar-refractivity contribution in [2.24, 2.45) is 7.05 Å². The molecule has 0 aliphatic carbocycles. The van der Waals surface area contributed by atoms with E-state index in [0.717, 1.165) is 5.69 Å². The number of rotatable bonds is 4. The van der Waals surface area contributed by atoms with Gasteiger partial charge in [-0.1, -0.05) is 0 Å². The highest BCUT2D eigenvalue weighted by atomic mass is 32.1. The summed E-state index contributed by atoms with van der Waals surface area (Å²) in [6.07, 6.45) is -0.265. The summed E-state index contributed by atoms with van der Waals surface area (Å²) in [5.41, 5.74) is 2.96. The zero-order valence-electron chi connectivity index (χ0n) is 18.6. The lowest BCUT2D eigenvalue weighted by Crippen LogP contribution is -2.51. The van der Waals surface area contributed by atoms with Crippen LogP contribution in [-0.2, 0) is 23.0 Å². The van der Waals surface area contributed by atoms with Crippen molar-refractivity contribution in [3.63, 3.8) is 0 Å². The number of carbonyl (C=O) groups is 2. The van der Waals surface area contributed by atoms with Crippen molar-refractivity contribution in [3.05, 3.63) is 38.9 Å². The Bertz CT molecular complexity index is 1220. The van der Waals surface area contributed by atoms with Crippen molar-refractivity contribution in [3.8, 4) is 11.3 Å². The second kappa shape index (κ2) is 8.73. The fourth-order valence-corrected chi connectivity index (χ4v) is 4.75. The smallest absolute Gasteiger partial charge is 0.409 e. The van der Waals surface area contributed by atoms with Gasteiger partial charge < -0.3 is 14.5 Å². The van der Waals surface area contributed by atoms with Crippen LogP contribution in [0.2, 0.25) is 0 Å². The maximum Gasteiger partial charge on any atom is 0.409 e. The number of aromatic nitrogens is 4. The average Bonchev–Trinajstić information content (AvgIpc) is 3.31. The van der Waals surface area contributed by atoms with E-state index in [1.807, 2.05) is 25.4 Å². The van der Waals surface area contributed by atoms with Crippen molar-refractivity contribution < 1.29 is 14.3 Å². The molecule has 0 saturated carbocycles. The lowest BCUT2D eigenvalue weighted by Gasteiger charge is -2.34. The molecule has 2 amide bonds. The molecule has 10 nitrogen and oxygen atoms in total. The zero-order valence-corrected chi connectivity index (χ0v) is 19.4. The Kier molecular flexibility index (Phi) is 6.00. The van der Waals surface area contributed by atoms with Crippen molar-refractivity contribution in [2.75, 3.05) is 32.8 Å². The monoisotopic (exact) mass is 458 g/mol. The minimum atomic E-state index is -0.353. The van der Waals surface area contributed by atoms with Crippen molar-refractivity contribution >= 4 is 28.3 Å². The topological polar surface area (TPSA) is 102 Å². The number of thiazole rings is 1. The molecule has 170 valence electrons. The molecule has 1 aliphatic heterocycles. The second-order valence-electron chi connectivity index (χ2n) is 7.76. The van der Waals surface area contributed by atoms with E-state index >= 15 is 0 Å². The maximum atomic E-state index is 13.4. The lowest BCUT2D eigenvalue weighted by atomic mass is 10.1. The van der Waals surface area contributed by atoms with Crippen LogP contribution in [0.15, 0.2) is 16.2 Å². The largest absolute Gasteiger partial charge is 0.450 e. The maximum absolute atomic E-state index is 13.4. The Morgan fingerprint density at radius 3 is 2.47 bits per heavy atom. The molecule has 4 heterocycles. The summed E-state index contributed by atoms with van der Waals surface area (Å²) in [7, 11) is 1.83. The molecule has 0 radical (unpaired) electrons. The molecule has 3 aromatic heterocycles. The van der Waals surface area contributed by atoms with Gasteiger partial charge in [0.05, 0.1) is 30.0 Å². The van der Waals surface area contributed by atoms with E-state index in [9.17, 15) is 14.4 Å². The number of nitrogens with zero attached hydrogens (tertiary/aromatic N) is 6. The Labute approximate surface area is 189 Å². The number of aryl methyl sites for hydroxylation is 3. The molecule has 4 rings (SSSR count). The average molecular weight is 459 g/mol. The van der Waals surface area contributed by atoms with Gasteiger partial charge in [-0.2, -0.15) is 5.10 Å². The minimum absolute atomic E-state index is 0.0871. The molecule has 11 heteroatoms. The van der Waals surface area contributed by atoms with Crippen molar-refractivity contribution in [1.29, 1.82) is 0 Å². The Morgan fingerprint density at radius 2 is 1.84 bits per heavy atom. The van der Waals surface area contributed by atoms with Gasteiger partial charge in [-0.3, -0.25) is 18.7 Å². The minimum Gasteiger partial charge on any atom is -0.450 e. The molecule has 0 unspecified atom stereocenters.